The molecule has 0 radical (unpaired) electrons. The van der Waals surface area contributed by atoms with E-state index in [-0.39, 0.29) is 36.7 Å². The van der Waals surface area contributed by atoms with Crippen LogP contribution in [0.3, 0.4) is 0 Å². The highest BCUT2D eigenvalue weighted by atomic mass is 32.1. The molecule has 0 unspecified atom stereocenters. The minimum atomic E-state index is -0.309. The van der Waals surface area contributed by atoms with Gasteiger partial charge in [0.25, 0.3) is 5.91 Å². The first-order chi connectivity index (χ1) is 13.6. The number of hydrogen-bond acceptors (Lipinski definition) is 6. The lowest BCUT2D eigenvalue weighted by atomic mass is 10.2. The zero-order valence-corrected chi connectivity index (χ0v) is 16.3. The van der Waals surface area contributed by atoms with Crippen molar-refractivity contribution in [3.8, 4) is 0 Å². The van der Waals surface area contributed by atoms with Crippen LogP contribution in [-0.4, -0.2) is 46.8 Å². The van der Waals surface area contributed by atoms with E-state index in [2.05, 4.69) is 15.8 Å². The van der Waals surface area contributed by atoms with Crippen LogP contribution < -0.4 is 10.8 Å². The van der Waals surface area contributed by atoms with E-state index in [9.17, 15) is 14.4 Å². The Morgan fingerprint density at radius 3 is 2.64 bits per heavy atom. The van der Waals surface area contributed by atoms with Gasteiger partial charge in [-0.15, -0.1) is 11.3 Å². The molecule has 1 aliphatic carbocycles. The molecule has 148 valence electrons. The normalized spacial score (nSPS) is 13.0. The number of carbonyl (C=O) groups is 3. The molecule has 0 atom stereocenters. The molecule has 1 aromatic heterocycles. The van der Waals surface area contributed by atoms with Gasteiger partial charge in [0.2, 0.25) is 11.8 Å². The summed E-state index contributed by atoms with van der Waals surface area (Å²) in [4.78, 5) is 47.4. The lowest BCUT2D eigenvalue weighted by Crippen LogP contribution is -2.39. The number of carbonyl (C=O) groups excluding carboxylic acids is 3. The fourth-order valence-corrected chi connectivity index (χ4v) is 3.34. The molecule has 2 aromatic rings. The number of anilines is 1. The fraction of sp³-hybridized carbons (Fsp3) is 0.368. The second-order valence-electron chi connectivity index (χ2n) is 6.36. The first-order valence-electron chi connectivity index (χ1n) is 9.07. The summed E-state index contributed by atoms with van der Waals surface area (Å²) in [6.07, 6.45) is 1.87. The second kappa shape index (κ2) is 9.43. The van der Waals surface area contributed by atoms with Crippen molar-refractivity contribution in [2.24, 2.45) is 0 Å². The molecule has 3 amide bonds. The minimum absolute atomic E-state index is 0.0296. The Kier molecular flexibility index (Phi) is 6.72. The summed E-state index contributed by atoms with van der Waals surface area (Å²) in [5, 5.41) is 4.81. The Labute approximate surface area is 166 Å². The third-order valence-corrected chi connectivity index (χ3v) is 4.86. The van der Waals surface area contributed by atoms with Crippen molar-refractivity contribution in [1.82, 2.24) is 15.4 Å². The van der Waals surface area contributed by atoms with Crippen molar-refractivity contribution >= 4 is 34.2 Å². The summed E-state index contributed by atoms with van der Waals surface area (Å²) in [5.41, 5.74) is 3.41. The van der Waals surface area contributed by atoms with Crippen molar-refractivity contribution in [2.45, 2.75) is 32.2 Å². The summed E-state index contributed by atoms with van der Waals surface area (Å²) in [5.74, 6) is -0.764. The van der Waals surface area contributed by atoms with Crippen LogP contribution in [0.1, 0.15) is 35.8 Å². The number of hydrogen-bond donors (Lipinski definition) is 2. The largest absolute Gasteiger partial charge is 0.326 e. The summed E-state index contributed by atoms with van der Waals surface area (Å²) in [6.45, 7) is 2.12. The van der Waals surface area contributed by atoms with Gasteiger partial charge in [-0.2, -0.15) is 0 Å². The number of rotatable bonds is 9. The quantitative estimate of drug-likeness (QED) is 0.625. The number of aromatic nitrogens is 1. The zero-order chi connectivity index (χ0) is 19.9. The standard InChI is InChI=1S/C19H22N4O4S/c1-2-27-22-16(24)10-14-12-28-19(20-14)21-17(25)11-23(15-8-9-15)18(26)13-6-4-3-5-7-13/h3-7,12,15H,2,8-11H2,1H3,(H,22,24)(H,20,21,25). The van der Waals surface area contributed by atoms with Gasteiger partial charge in [-0.05, 0) is 31.9 Å². The molecule has 0 saturated heterocycles. The zero-order valence-electron chi connectivity index (χ0n) is 15.5. The average Bonchev–Trinajstić information content (AvgIpc) is 3.45. The van der Waals surface area contributed by atoms with E-state index in [0.717, 1.165) is 12.8 Å². The van der Waals surface area contributed by atoms with Crippen molar-refractivity contribution in [3.05, 3.63) is 47.0 Å². The lowest BCUT2D eigenvalue weighted by molar-refractivity contribution is -0.132. The van der Waals surface area contributed by atoms with Crippen LogP contribution in [0.4, 0.5) is 5.13 Å². The highest BCUT2D eigenvalue weighted by Gasteiger charge is 2.34. The van der Waals surface area contributed by atoms with Crippen LogP contribution in [-0.2, 0) is 20.8 Å². The van der Waals surface area contributed by atoms with Gasteiger partial charge in [-0.3, -0.25) is 19.2 Å². The summed E-state index contributed by atoms with van der Waals surface area (Å²) in [7, 11) is 0. The maximum absolute atomic E-state index is 12.7. The number of benzene rings is 1. The minimum Gasteiger partial charge on any atom is -0.326 e. The molecular formula is C19H22N4O4S. The SMILES string of the molecule is CCONC(=O)Cc1csc(NC(=O)CN(C(=O)c2ccccc2)C2CC2)n1. The molecule has 0 spiro atoms. The van der Waals surface area contributed by atoms with Gasteiger partial charge in [0.1, 0.15) is 6.54 Å². The van der Waals surface area contributed by atoms with Crippen molar-refractivity contribution in [2.75, 3.05) is 18.5 Å². The maximum atomic E-state index is 12.7. The molecule has 1 aromatic carbocycles. The Balaban J connectivity index is 1.55. The van der Waals surface area contributed by atoms with E-state index in [1.807, 2.05) is 6.07 Å². The van der Waals surface area contributed by atoms with E-state index in [1.165, 1.54) is 11.3 Å². The second-order valence-corrected chi connectivity index (χ2v) is 7.22. The van der Waals surface area contributed by atoms with E-state index >= 15 is 0 Å². The smallest absolute Gasteiger partial charge is 0.254 e. The van der Waals surface area contributed by atoms with Crippen LogP contribution in [0.15, 0.2) is 35.7 Å². The summed E-state index contributed by atoms with van der Waals surface area (Å²) in [6, 6.07) is 9.05. The highest BCUT2D eigenvalue weighted by Crippen LogP contribution is 2.28. The van der Waals surface area contributed by atoms with E-state index in [1.54, 1.807) is 41.5 Å². The van der Waals surface area contributed by atoms with Crippen LogP contribution in [0.5, 0.6) is 0 Å². The van der Waals surface area contributed by atoms with Gasteiger partial charge >= 0.3 is 0 Å². The van der Waals surface area contributed by atoms with Crippen LogP contribution >= 0.6 is 11.3 Å². The van der Waals surface area contributed by atoms with Crippen molar-refractivity contribution in [3.63, 3.8) is 0 Å². The Hall–Kier alpha value is -2.78. The van der Waals surface area contributed by atoms with Gasteiger partial charge in [0.15, 0.2) is 5.13 Å². The molecule has 8 nitrogen and oxygen atoms in total. The van der Waals surface area contributed by atoms with Gasteiger partial charge < -0.3 is 10.2 Å². The number of nitrogens with one attached hydrogen (secondary N) is 2. The first kappa shape index (κ1) is 20.0. The molecule has 3 rings (SSSR count). The van der Waals surface area contributed by atoms with Gasteiger partial charge in [0, 0.05) is 17.0 Å². The van der Waals surface area contributed by atoms with Gasteiger partial charge in [-0.1, -0.05) is 18.2 Å². The molecule has 1 saturated carbocycles. The molecule has 2 N–H and O–H groups in total. The number of nitrogens with zero attached hydrogens (tertiary/aromatic N) is 2. The Morgan fingerprint density at radius 2 is 1.96 bits per heavy atom. The van der Waals surface area contributed by atoms with Crippen LogP contribution in [0.25, 0.3) is 0 Å². The molecule has 0 bridgehead atoms. The Morgan fingerprint density at radius 1 is 1.21 bits per heavy atom. The van der Waals surface area contributed by atoms with Crippen LogP contribution in [0.2, 0.25) is 0 Å². The predicted molar refractivity (Wildman–Crippen MR) is 105 cm³/mol. The highest BCUT2D eigenvalue weighted by molar-refractivity contribution is 7.13. The third-order valence-electron chi connectivity index (χ3n) is 4.05. The van der Waals surface area contributed by atoms with Crippen LogP contribution in [0, 0.1) is 0 Å². The Bertz CT molecular complexity index is 835. The molecule has 1 heterocycles. The molecule has 0 aliphatic heterocycles. The number of amides is 3. The molecule has 1 aliphatic rings. The van der Waals surface area contributed by atoms with E-state index < -0.39 is 0 Å². The van der Waals surface area contributed by atoms with E-state index in [4.69, 9.17) is 4.84 Å². The number of thiazole rings is 1. The monoisotopic (exact) mass is 402 g/mol. The number of hydroxylamine groups is 1. The molecule has 1 fully saturated rings. The lowest BCUT2D eigenvalue weighted by Gasteiger charge is -2.21. The predicted octanol–water partition coefficient (Wildman–Crippen LogP) is 2.00. The topological polar surface area (TPSA) is 101 Å². The summed E-state index contributed by atoms with van der Waals surface area (Å²) < 4.78 is 0. The maximum Gasteiger partial charge on any atom is 0.254 e. The fourth-order valence-electron chi connectivity index (χ4n) is 2.61. The molecular weight excluding hydrogens is 380 g/mol. The average molecular weight is 402 g/mol. The van der Waals surface area contributed by atoms with Gasteiger partial charge in [-0.25, -0.2) is 10.5 Å². The molecule has 28 heavy (non-hydrogen) atoms. The molecule has 9 heteroatoms. The van der Waals surface area contributed by atoms with Crippen molar-refractivity contribution in [1.29, 1.82) is 0 Å². The summed E-state index contributed by atoms with van der Waals surface area (Å²) >= 11 is 1.23. The van der Waals surface area contributed by atoms with Crippen molar-refractivity contribution < 1.29 is 19.2 Å². The van der Waals surface area contributed by atoms with Gasteiger partial charge in [0.05, 0.1) is 18.7 Å². The third kappa shape index (κ3) is 5.61. The first-order valence-corrected chi connectivity index (χ1v) is 9.95. The van der Waals surface area contributed by atoms with E-state index in [0.29, 0.717) is 23.0 Å².